The van der Waals surface area contributed by atoms with E-state index in [2.05, 4.69) is 51.7 Å². The predicted octanol–water partition coefficient (Wildman–Crippen LogP) is 3.19. The number of rotatable bonds is 7. The highest BCUT2D eigenvalue weighted by Gasteiger charge is 2.24. The highest BCUT2D eigenvalue weighted by molar-refractivity contribution is 14.0. The molecule has 1 aromatic carbocycles. The number of thiophene rings is 1. The molecule has 0 saturated carbocycles. The van der Waals surface area contributed by atoms with Crippen LogP contribution in [0.1, 0.15) is 29.9 Å². The van der Waals surface area contributed by atoms with Crippen molar-refractivity contribution in [3.63, 3.8) is 0 Å². The van der Waals surface area contributed by atoms with Crippen LogP contribution in [0.5, 0.6) is 0 Å². The summed E-state index contributed by atoms with van der Waals surface area (Å²) in [4.78, 5) is 8.00. The molecular weight excluding hydrogens is 483 g/mol. The predicted molar refractivity (Wildman–Crippen MR) is 129 cm³/mol. The van der Waals surface area contributed by atoms with Gasteiger partial charge in [-0.3, -0.25) is 4.90 Å². The summed E-state index contributed by atoms with van der Waals surface area (Å²) in [6, 6.07) is 12.6. The molecule has 5 nitrogen and oxygen atoms in total. The van der Waals surface area contributed by atoms with Crippen LogP contribution in [-0.2, 0) is 18.6 Å². The summed E-state index contributed by atoms with van der Waals surface area (Å²) in [5, 5.41) is 19.3. The molecule has 0 amide bonds. The van der Waals surface area contributed by atoms with Crippen LogP contribution >= 0.6 is 35.3 Å². The summed E-state index contributed by atoms with van der Waals surface area (Å²) in [6.07, 6.45) is 1.12. The molecule has 2 aromatic rings. The molecule has 0 fully saturated rings. The lowest BCUT2D eigenvalue weighted by Crippen LogP contribution is -2.43. The van der Waals surface area contributed by atoms with Gasteiger partial charge in [0.25, 0.3) is 0 Å². The normalized spacial score (nSPS) is 16.6. The van der Waals surface area contributed by atoms with Gasteiger partial charge in [-0.05, 0) is 42.8 Å². The van der Waals surface area contributed by atoms with Crippen LogP contribution in [0, 0.1) is 0 Å². The lowest BCUT2D eigenvalue weighted by Gasteiger charge is -2.29. The van der Waals surface area contributed by atoms with Gasteiger partial charge in [-0.1, -0.05) is 30.3 Å². The number of guanidine groups is 1. The van der Waals surface area contributed by atoms with E-state index >= 15 is 0 Å². The van der Waals surface area contributed by atoms with Crippen LogP contribution in [-0.4, -0.2) is 48.7 Å². The van der Waals surface area contributed by atoms with E-state index in [0.29, 0.717) is 6.54 Å². The average molecular weight is 514 g/mol. The fourth-order valence-corrected chi connectivity index (χ4v) is 4.09. The molecule has 0 spiro atoms. The largest absolute Gasteiger partial charge is 0.383 e. The van der Waals surface area contributed by atoms with Crippen LogP contribution in [0.2, 0.25) is 0 Å². The van der Waals surface area contributed by atoms with Gasteiger partial charge in [-0.25, -0.2) is 4.99 Å². The Balaban J connectivity index is 0.00000280. The van der Waals surface area contributed by atoms with E-state index in [9.17, 15) is 5.11 Å². The molecule has 28 heavy (non-hydrogen) atoms. The Bertz CT molecular complexity index is 749. The number of aliphatic hydroxyl groups is 1. The van der Waals surface area contributed by atoms with Gasteiger partial charge in [0, 0.05) is 37.6 Å². The second-order valence-electron chi connectivity index (χ2n) is 7.17. The van der Waals surface area contributed by atoms with Crippen LogP contribution in [0.3, 0.4) is 0 Å². The molecule has 7 heteroatoms. The highest BCUT2D eigenvalue weighted by atomic mass is 127. The zero-order chi connectivity index (χ0) is 19.1. The molecule has 0 aliphatic carbocycles. The number of nitrogens with one attached hydrogen (secondary N) is 2. The van der Waals surface area contributed by atoms with Crippen LogP contribution < -0.4 is 10.6 Å². The molecular formula is C21H31IN4OS. The molecule has 1 unspecified atom stereocenters. The van der Waals surface area contributed by atoms with Crippen molar-refractivity contribution >= 4 is 41.3 Å². The van der Waals surface area contributed by atoms with Gasteiger partial charge in [0.15, 0.2) is 5.96 Å². The maximum atomic E-state index is 10.7. The van der Waals surface area contributed by atoms with E-state index in [-0.39, 0.29) is 24.0 Å². The first-order valence-corrected chi connectivity index (χ1v) is 10.5. The summed E-state index contributed by atoms with van der Waals surface area (Å²) < 4.78 is 0. The molecule has 3 rings (SSSR count). The lowest BCUT2D eigenvalue weighted by molar-refractivity contribution is 0.0711. The fourth-order valence-electron chi connectivity index (χ4n) is 3.32. The first-order valence-electron chi connectivity index (χ1n) is 9.66. The summed E-state index contributed by atoms with van der Waals surface area (Å²) in [6.45, 7) is 8.91. The van der Waals surface area contributed by atoms with Gasteiger partial charge in [-0.15, -0.1) is 35.3 Å². The highest BCUT2D eigenvalue weighted by Crippen LogP contribution is 2.25. The van der Waals surface area contributed by atoms with Crippen LogP contribution in [0.15, 0.2) is 46.8 Å². The Morgan fingerprint density at radius 3 is 2.71 bits per heavy atom. The van der Waals surface area contributed by atoms with E-state index in [1.54, 1.807) is 11.3 Å². The van der Waals surface area contributed by atoms with Gasteiger partial charge in [-0.2, -0.15) is 0 Å². The van der Waals surface area contributed by atoms with Gasteiger partial charge < -0.3 is 15.7 Å². The lowest BCUT2D eigenvalue weighted by atomic mass is 10.00. The number of nitrogens with zero attached hydrogens (tertiary/aromatic N) is 2. The Kier molecular flexibility index (Phi) is 9.20. The molecule has 154 valence electrons. The molecule has 0 bridgehead atoms. The molecule has 1 aliphatic rings. The van der Waals surface area contributed by atoms with Crippen LogP contribution in [0.25, 0.3) is 0 Å². The van der Waals surface area contributed by atoms with Crippen molar-refractivity contribution in [1.29, 1.82) is 0 Å². The molecule has 1 aliphatic heterocycles. The van der Waals surface area contributed by atoms with Gasteiger partial charge in [0.2, 0.25) is 0 Å². The summed E-state index contributed by atoms with van der Waals surface area (Å²) >= 11 is 1.56. The topological polar surface area (TPSA) is 59.9 Å². The molecule has 1 aromatic heterocycles. The monoisotopic (exact) mass is 514 g/mol. The van der Waals surface area contributed by atoms with Crippen molar-refractivity contribution in [3.8, 4) is 0 Å². The third-order valence-electron chi connectivity index (χ3n) is 4.87. The van der Waals surface area contributed by atoms with E-state index in [4.69, 9.17) is 0 Å². The second kappa shape index (κ2) is 11.1. The molecule has 1 atom stereocenters. The number of aliphatic imine (C=N–C) groups is 1. The smallest absolute Gasteiger partial charge is 0.191 e. The van der Waals surface area contributed by atoms with Crippen molar-refractivity contribution in [2.24, 2.45) is 4.99 Å². The van der Waals surface area contributed by atoms with Gasteiger partial charge in [0.05, 0.1) is 6.54 Å². The minimum atomic E-state index is -0.937. The number of benzene rings is 1. The number of hydrogen-bond donors (Lipinski definition) is 3. The number of halogens is 1. The molecule has 3 N–H and O–H groups in total. The van der Waals surface area contributed by atoms with Gasteiger partial charge >= 0.3 is 0 Å². The molecule has 0 radical (unpaired) electrons. The maximum absolute atomic E-state index is 10.7. The van der Waals surface area contributed by atoms with Crippen molar-refractivity contribution in [2.45, 2.75) is 32.4 Å². The fraction of sp³-hybridized carbons (Fsp3) is 0.476. The first-order chi connectivity index (χ1) is 13.1. The summed E-state index contributed by atoms with van der Waals surface area (Å²) in [7, 11) is 0. The molecule has 2 heterocycles. The Labute approximate surface area is 189 Å². The third-order valence-corrected chi connectivity index (χ3v) is 5.99. The minimum Gasteiger partial charge on any atom is -0.383 e. The Hall–Kier alpha value is -1.16. The maximum Gasteiger partial charge on any atom is 0.191 e. The van der Waals surface area contributed by atoms with E-state index in [1.807, 2.05) is 24.4 Å². The first kappa shape index (κ1) is 23.1. The van der Waals surface area contributed by atoms with Crippen molar-refractivity contribution in [1.82, 2.24) is 15.5 Å². The summed E-state index contributed by atoms with van der Waals surface area (Å²) in [5.41, 5.74) is 1.98. The average Bonchev–Trinajstić information content (AvgIpc) is 3.22. The minimum absolute atomic E-state index is 0. The van der Waals surface area contributed by atoms with E-state index in [0.717, 1.165) is 50.0 Å². The van der Waals surface area contributed by atoms with E-state index in [1.165, 1.54) is 11.1 Å². The zero-order valence-electron chi connectivity index (χ0n) is 16.6. The van der Waals surface area contributed by atoms with E-state index < -0.39 is 5.60 Å². The third kappa shape index (κ3) is 6.43. The van der Waals surface area contributed by atoms with Crippen molar-refractivity contribution in [3.05, 3.63) is 57.8 Å². The SMILES string of the molecule is CCNC(=NCC(C)(O)c1cccs1)NCCN1CCc2ccccc2C1.I. The summed E-state index contributed by atoms with van der Waals surface area (Å²) in [5.74, 6) is 0.756. The zero-order valence-corrected chi connectivity index (χ0v) is 19.8. The number of fused-ring (bicyclic) bond motifs is 1. The van der Waals surface area contributed by atoms with Crippen molar-refractivity contribution < 1.29 is 5.11 Å². The Morgan fingerprint density at radius 1 is 1.21 bits per heavy atom. The van der Waals surface area contributed by atoms with Gasteiger partial charge in [0.1, 0.15) is 5.60 Å². The second-order valence-corrected chi connectivity index (χ2v) is 8.12. The van der Waals surface area contributed by atoms with Crippen molar-refractivity contribution in [2.75, 3.05) is 32.7 Å². The Morgan fingerprint density at radius 2 is 2.00 bits per heavy atom. The molecule has 0 saturated heterocycles. The quantitative estimate of drug-likeness (QED) is 0.302. The van der Waals surface area contributed by atoms with Crippen LogP contribution in [0.4, 0.5) is 0 Å². The standard InChI is InChI=1S/C21H30N4OS.HI/c1-3-22-20(24-16-21(2,26)19-9-6-14-27-19)23-11-13-25-12-10-17-7-4-5-8-18(17)15-25;/h4-9,14,26H,3,10-13,15-16H2,1-2H3,(H2,22,23,24);1H. The number of hydrogen-bond acceptors (Lipinski definition) is 4.